The van der Waals surface area contributed by atoms with Crippen molar-refractivity contribution in [2.24, 2.45) is 5.92 Å². The summed E-state index contributed by atoms with van der Waals surface area (Å²) in [5.74, 6) is 0.649. The number of ether oxygens (including phenoxy) is 1. The molecule has 3 fully saturated rings. The molecule has 0 spiro atoms. The van der Waals surface area contributed by atoms with Crippen LogP contribution in [0.25, 0.3) is 0 Å². The molecule has 1 amide bonds. The lowest BCUT2D eigenvalue weighted by Gasteiger charge is -2.49. The lowest BCUT2D eigenvalue weighted by Crippen LogP contribution is -2.62. The van der Waals surface area contributed by atoms with Gasteiger partial charge in [-0.1, -0.05) is 11.8 Å². The van der Waals surface area contributed by atoms with Crippen molar-refractivity contribution in [1.29, 1.82) is 0 Å². The molecule has 4 heterocycles. The van der Waals surface area contributed by atoms with Crippen LogP contribution in [-0.2, 0) is 0 Å². The summed E-state index contributed by atoms with van der Waals surface area (Å²) in [6, 6.07) is 10.4. The monoisotopic (exact) mass is 389 g/mol. The van der Waals surface area contributed by atoms with E-state index in [0.717, 1.165) is 15.0 Å². The van der Waals surface area contributed by atoms with E-state index in [1.54, 1.807) is 18.9 Å². The average molecular weight is 390 g/mol. The molecule has 2 bridgehead atoms. The summed E-state index contributed by atoms with van der Waals surface area (Å²) in [7, 11) is 1.64. The fourth-order valence-electron chi connectivity index (χ4n) is 3.96. The molecule has 5 nitrogen and oxygen atoms in total. The smallest absolute Gasteiger partial charge is 0.251 e. The highest BCUT2D eigenvalue weighted by Gasteiger charge is 2.40. The average Bonchev–Trinajstić information content (AvgIpc) is 3.13. The first-order valence-corrected chi connectivity index (χ1v) is 10.6. The van der Waals surface area contributed by atoms with Crippen LogP contribution >= 0.6 is 23.3 Å². The number of benzene rings is 1. The van der Waals surface area contributed by atoms with Gasteiger partial charge in [-0.2, -0.15) is 4.37 Å². The summed E-state index contributed by atoms with van der Waals surface area (Å²) in [5, 5.41) is 4.99. The van der Waals surface area contributed by atoms with E-state index < -0.39 is 0 Å². The van der Waals surface area contributed by atoms with Crippen molar-refractivity contribution in [2.45, 2.75) is 41.8 Å². The first-order chi connectivity index (χ1) is 12.6. The van der Waals surface area contributed by atoms with Gasteiger partial charge in [-0.15, -0.1) is 0 Å². The fraction of sp³-hybridized carbons (Fsp3) is 0.474. The van der Waals surface area contributed by atoms with Gasteiger partial charge in [0.2, 0.25) is 0 Å². The molecule has 3 aliphatic heterocycles. The van der Waals surface area contributed by atoms with Crippen molar-refractivity contribution in [3.8, 4) is 5.06 Å². The summed E-state index contributed by atoms with van der Waals surface area (Å²) < 4.78 is 9.51. The van der Waals surface area contributed by atoms with Gasteiger partial charge in [0, 0.05) is 40.1 Å². The van der Waals surface area contributed by atoms with Crippen molar-refractivity contribution < 1.29 is 9.53 Å². The van der Waals surface area contributed by atoms with Crippen LogP contribution in [0.2, 0.25) is 0 Å². The maximum Gasteiger partial charge on any atom is 0.251 e. The highest BCUT2D eigenvalue weighted by molar-refractivity contribution is 7.99. The predicted molar refractivity (Wildman–Crippen MR) is 104 cm³/mol. The molecule has 1 aromatic carbocycles. The molecule has 0 saturated carbocycles. The minimum atomic E-state index is 0.0301. The van der Waals surface area contributed by atoms with Crippen LogP contribution in [0.15, 0.2) is 40.3 Å². The molecule has 3 saturated heterocycles. The number of amides is 1. The quantitative estimate of drug-likeness (QED) is 0.848. The maximum atomic E-state index is 12.7. The molecule has 0 radical (unpaired) electrons. The zero-order chi connectivity index (χ0) is 18.1. The van der Waals surface area contributed by atoms with Crippen molar-refractivity contribution in [3.63, 3.8) is 0 Å². The van der Waals surface area contributed by atoms with E-state index in [9.17, 15) is 4.79 Å². The van der Waals surface area contributed by atoms with Crippen LogP contribution in [0.5, 0.6) is 5.06 Å². The highest BCUT2D eigenvalue weighted by atomic mass is 32.2. The van der Waals surface area contributed by atoms with E-state index in [4.69, 9.17) is 4.74 Å². The van der Waals surface area contributed by atoms with Gasteiger partial charge in [0.25, 0.3) is 5.91 Å². The summed E-state index contributed by atoms with van der Waals surface area (Å²) >= 11 is 2.91. The zero-order valence-corrected chi connectivity index (χ0v) is 16.6. The number of carbonyl (C=O) groups is 1. The third-order valence-electron chi connectivity index (χ3n) is 5.48. The van der Waals surface area contributed by atoms with Gasteiger partial charge in [-0.05, 0) is 63.0 Å². The molecule has 0 aliphatic carbocycles. The Kier molecular flexibility index (Phi) is 5.20. The van der Waals surface area contributed by atoms with Crippen molar-refractivity contribution in [3.05, 3.63) is 35.9 Å². The minimum absolute atomic E-state index is 0.0301. The van der Waals surface area contributed by atoms with E-state index in [2.05, 4.69) is 21.5 Å². The standard InChI is InChI=1S/C19H23N3O2S2/c1-12-18(13-7-9-22(12)10-8-13)20-19(23)14-3-5-15(6-4-14)25-16-11-17(24-2)26-21-16/h3-6,11-13,18H,7-10H2,1-2H3,(H,20,23)/t12-,18-/m0/s1. The Morgan fingerprint density at radius 1 is 1.31 bits per heavy atom. The van der Waals surface area contributed by atoms with Gasteiger partial charge in [0.1, 0.15) is 5.03 Å². The Hall–Kier alpha value is -1.57. The van der Waals surface area contributed by atoms with Gasteiger partial charge in [0.05, 0.1) is 7.11 Å². The number of aromatic nitrogens is 1. The number of carbonyl (C=O) groups excluding carboxylic acids is 1. The number of fused-ring (bicyclic) bond motifs is 3. The van der Waals surface area contributed by atoms with E-state index >= 15 is 0 Å². The number of piperidine rings is 3. The van der Waals surface area contributed by atoms with Crippen LogP contribution in [0, 0.1) is 5.92 Å². The molecule has 1 aromatic heterocycles. The summed E-state index contributed by atoms with van der Waals surface area (Å²) in [5.41, 5.74) is 0.717. The fourth-order valence-corrected chi connectivity index (χ4v) is 5.45. The van der Waals surface area contributed by atoms with Crippen molar-refractivity contribution >= 4 is 29.2 Å². The Morgan fingerprint density at radius 3 is 2.65 bits per heavy atom. The predicted octanol–water partition coefficient (Wildman–Crippen LogP) is 3.52. The van der Waals surface area contributed by atoms with Gasteiger partial charge in [-0.25, -0.2) is 0 Å². The number of hydrogen-bond donors (Lipinski definition) is 1. The van der Waals surface area contributed by atoms with Gasteiger partial charge >= 0.3 is 0 Å². The lowest BCUT2D eigenvalue weighted by molar-refractivity contribution is 0.0217. The molecule has 3 aliphatic rings. The molecule has 5 rings (SSSR count). The number of nitrogens with one attached hydrogen (secondary N) is 1. The summed E-state index contributed by atoms with van der Waals surface area (Å²) in [6.07, 6.45) is 2.39. The topological polar surface area (TPSA) is 54.5 Å². The van der Waals surface area contributed by atoms with E-state index in [-0.39, 0.29) is 11.9 Å². The Bertz CT molecular complexity index is 767. The third kappa shape index (κ3) is 3.61. The normalized spacial score (nSPS) is 27.3. The number of nitrogens with zero attached hydrogens (tertiary/aromatic N) is 2. The molecule has 1 N–H and O–H groups in total. The second-order valence-electron chi connectivity index (χ2n) is 6.93. The Morgan fingerprint density at radius 2 is 2.04 bits per heavy atom. The minimum Gasteiger partial charge on any atom is -0.486 e. The number of methoxy groups -OCH3 is 1. The molecule has 7 heteroatoms. The number of rotatable bonds is 5. The second-order valence-corrected chi connectivity index (χ2v) is 8.79. The van der Waals surface area contributed by atoms with Crippen molar-refractivity contribution in [1.82, 2.24) is 14.6 Å². The largest absolute Gasteiger partial charge is 0.486 e. The first-order valence-electron chi connectivity index (χ1n) is 8.97. The van der Waals surface area contributed by atoms with Crippen LogP contribution in [0.3, 0.4) is 0 Å². The number of hydrogen-bond acceptors (Lipinski definition) is 6. The van der Waals surface area contributed by atoms with Gasteiger partial charge < -0.3 is 10.1 Å². The molecule has 138 valence electrons. The van der Waals surface area contributed by atoms with E-state index in [1.807, 2.05) is 30.3 Å². The molecule has 0 unspecified atom stereocenters. The van der Waals surface area contributed by atoms with Crippen LogP contribution in [0.4, 0.5) is 0 Å². The highest BCUT2D eigenvalue weighted by Crippen LogP contribution is 2.33. The summed E-state index contributed by atoms with van der Waals surface area (Å²) in [6.45, 7) is 4.58. The first kappa shape index (κ1) is 17.8. The van der Waals surface area contributed by atoms with Crippen LogP contribution < -0.4 is 10.1 Å². The molecular weight excluding hydrogens is 366 g/mol. The third-order valence-corrected chi connectivity index (χ3v) is 7.28. The summed E-state index contributed by atoms with van der Waals surface area (Å²) in [4.78, 5) is 16.2. The second kappa shape index (κ2) is 7.58. The maximum absolute atomic E-state index is 12.7. The van der Waals surface area contributed by atoms with Crippen LogP contribution in [0.1, 0.15) is 30.1 Å². The zero-order valence-electron chi connectivity index (χ0n) is 15.0. The SMILES string of the molecule is COc1cc(Sc2ccc(C(=O)N[C@@H]3C4CCN(CC4)[C@H]3C)cc2)ns1. The van der Waals surface area contributed by atoms with E-state index in [1.165, 1.54) is 37.5 Å². The van der Waals surface area contributed by atoms with Gasteiger partial charge in [0.15, 0.2) is 5.06 Å². The molecule has 26 heavy (non-hydrogen) atoms. The van der Waals surface area contributed by atoms with Gasteiger partial charge in [-0.3, -0.25) is 9.69 Å². The molecule has 2 aromatic rings. The molecule has 2 atom stereocenters. The molecular formula is C19H23N3O2S2. The Balaban J connectivity index is 1.39. The Labute approximate surface area is 162 Å². The van der Waals surface area contributed by atoms with Crippen molar-refractivity contribution in [2.75, 3.05) is 20.2 Å². The van der Waals surface area contributed by atoms with E-state index in [0.29, 0.717) is 17.5 Å². The lowest BCUT2D eigenvalue weighted by atomic mass is 9.79. The van der Waals surface area contributed by atoms with Crippen LogP contribution in [-0.4, -0.2) is 47.5 Å².